The molecular formula is C52H30O2. The van der Waals surface area contributed by atoms with Crippen LogP contribution in [0.2, 0.25) is 0 Å². The maximum Gasteiger partial charge on any atom is 0.144 e. The standard InChI is InChI=1S/C52H30O2/c1-2-16-32-31(14-1)15-13-25-36(32)48-37-20-5-7-22-39(37)49(40-23-8-6-21-38(40)48)41-28-29-42(34-18-4-3-17-33(34)41)51-50-43-24-10-12-27-46(43)53-47(50)30-44-35-19-9-11-26-45(35)54-52(44)51/h1-30H. The molecule has 2 nitrogen and oxygen atoms in total. The van der Waals surface area contributed by atoms with Crippen LogP contribution in [0.15, 0.2) is 191 Å². The number of hydrogen-bond donors (Lipinski definition) is 0. The van der Waals surface area contributed by atoms with E-state index < -0.39 is 0 Å². The van der Waals surface area contributed by atoms with Crippen molar-refractivity contribution in [2.24, 2.45) is 0 Å². The van der Waals surface area contributed by atoms with Crippen molar-refractivity contribution < 1.29 is 8.83 Å². The van der Waals surface area contributed by atoms with E-state index >= 15 is 0 Å². The third kappa shape index (κ3) is 4.05. The van der Waals surface area contributed by atoms with Crippen LogP contribution in [-0.4, -0.2) is 0 Å². The highest BCUT2D eigenvalue weighted by molar-refractivity contribution is 6.28. The molecule has 0 aliphatic heterocycles. The second-order valence-corrected chi connectivity index (χ2v) is 14.3. The lowest BCUT2D eigenvalue weighted by Crippen LogP contribution is -1.93. The fraction of sp³-hybridized carbons (Fsp3) is 0. The van der Waals surface area contributed by atoms with E-state index in [-0.39, 0.29) is 0 Å². The summed E-state index contributed by atoms with van der Waals surface area (Å²) < 4.78 is 13.4. The van der Waals surface area contributed by atoms with Gasteiger partial charge in [0.1, 0.15) is 22.3 Å². The first-order valence-electron chi connectivity index (χ1n) is 18.5. The zero-order valence-electron chi connectivity index (χ0n) is 29.1. The first-order chi connectivity index (χ1) is 26.8. The van der Waals surface area contributed by atoms with Crippen molar-refractivity contribution >= 4 is 87.0 Å². The predicted octanol–water partition coefficient (Wildman–Crippen LogP) is 15.1. The van der Waals surface area contributed by atoms with Crippen LogP contribution in [0.4, 0.5) is 0 Å². The Morgan fingerprint density at radius 3 is 1.33 bits per heavy atom. The highest BCUT2D eigenvalue weighted by Gasteiger charge is 2.24. The molecular weight excluding hydrogens is 657 g/mol. The van der Waals surface area contributed by atoms with Gasteiger partial charge in [0.05, 0.1) is 0 Å². The summed E-state index contributed by atoms with van der Waals surface area (Å²) >= 11 is 0. The molecule has 0 aliphatic rings. The zero-order chi connectivity index (χ0) is 35.3. The van der Waals surface area contributed by atoms with E-state index in [2.05, 4.69) is 170 Å². The fourth-order valence-electron chi connectivity index (χ4n) is 9.21. The van der Waals surface area contributed by atoms with Gasteiger partial charge in [0.25, 0.3) is 0 Å². The predicted molar refractivity (Wildman–Crippen MR) is 227 cm³/mol. The van der Waals surface area contributed by atoms with Crippen LogP contribution in [0.25, 0.3) is 120 Å². The Hall–Kier alpha value is -7.16. The lowest BCUT2D eigenvalue weighted by atomic mass is 9.82. The number of fused-ring (bicyclic) bond motifs is 10. The minimum atomic E-state index is 0.861. The summed E-state index contributed by atoms with van der Waals surface area (Å²) in [6.07, 6.45) is 0. The normalized spacial score (nSPS) is 12.1. The molecule has 2 heterocycles. The zero-order valence-corrected chi connectivity index (χ0v) is 29.1. The van der Waals surface area contributed by atoms with Crippen molar-refractivity contribution in [3.8, 4) is 33.4 Å². The Morgan fingerprint density at radius 2 is 0.704 bits per heavy atom. The highest BCUT2D eigenvalue weighted by atomic mass is 16.3. The van der Waals surface area contributed by atoms with Crippen LogP contribution in [-0.2, 0) is 0 Å². The minimum absolute atomic E-state index is 0.861. The van der Waals surface area contributed by atoms with Crippen molar-refractivity contribution in [2.45, 2.75) is 0 Å². The summed E-state index contributed by atoms with van der Waals surface area (Å²) in [6, 6.07) is 65.5. The van der Waals surface area contributed by atoms with Crippen molar-refractivity contribution in [2.75, 3.05) is 0 Å². The molecule has 0 atom stereocenters. The van der Waals surface area contributed by atoms with Crippen LogP contribution < -0.4 is 0 Å². The van der Waals surface area contributed by atoms with Gasteiger partial charge in [-0.25, -0.2) is 0 Å². The minimum Gasteiger partial charge on any atom is -0.456 e. The van der Waals surface area contributed by atoms with Gasteiger partial charge in [-0.3, -0.25) is 0 Å². The summed E-state index contributed by atoms with van der Waals surface area (Å²) in [5.41, 5.74) is 10.6. The monoisotopic (exact) mass is 686 g/mol. The molecule has 0 unspecified atom stereocenters. The second kappa shape index (κ2) is 11.2. The first-order valence-corrected chi connectivity index (χ1v) is 18.5. The average Bonchev–Trinajstić information content (AvgIpc) is 3.80. The molecule has 0 amide bonds. The highest BCUT2D eigenvalue weighted by Crippen LogP contribution is 2.50. The molecule has 12 aromatic rings. The van der Waals surface area contributed by atoms with Gasteiger partial charge in [0.15, 0.2) is 0 Å². The van der Waals surface area contributed by atoms with E-state index in [1.165, 1.54) is 65.3 Å². The molecule has 2 heteroatoms. The van der Waals surface area contributed by atoms with Crippen molar-refractivity contribution in [3.63, 3.8) is 0 Å². The van der Waals surface area contributed by atoms with Crippen LogP contribution >= 0.6 is 0 Å². The number of furan rings is 2. The van der Waals surface area contributed by atoms with Gasteiger partial charge in [-0.05, 0) is 89.1 Å². The molecule has 0 spiro atoms. The molecule has 0 radical (unpaired) electrons. The molecule has 0 saturated heterocycles. The molecule has 12 rings (SSSR count). The Morgan fingerprint density at radius 1 is 0.259 bits per heavy atom. The Bertz CT molecular complexity index is 3440. The third-order valence-corrected chi connectivity index (χ3v) is 11.5. The van der Waals surface area contributed by atoms with Gasteiger partial charge in [0.2, 0.25) is 0 Å². The van der Waals surface area contributed by atoms with Gasteiger partial charge < -0.3 is 8.83 Å². The van der Waals surface area contributed by atoms with E-state index in [1.54, 1.807) is 0 Å². The maximum absolute atomic E-state index is 6.79. The van der Waals surface area contributed by atoms with Crippen LogP contribution in [0.5, 0.6) is 0 Å². The largest absolute Gasteiger partial charge is 0.456 e. The lowest BCUT2D eigenvalue weighted by Gasteiger charge is -2.20. The smallest absolute Gasteiger partial charge is 0.144 e. The molecule has 0 aliphatic carbocycles. The van der Waals surface area contributed by atoms with Gasteiger partial charge in [-0.15, -0.1) is 0 Å². The van der Waals surface area contributed by atoms with E-state index in [1.807, 2.05) is 12.1 Å². The fourth-order valence-corrected chi connectivity index (χ4v) is 9.21. The number of rotatable bonds is 3. The SMILES string of the molecule is c1ccc2c(-c3c4ccccc4c(-c4ccc(-c5c6oc7ccccc7c6cc6oc7ccccc7c56)c5ccccc45)c4ccccc34)cccc2c1. The van der Waals surface area contributed by atoms with Crippen LogP contribution in [0.1, 0.15) is 0 Å². The average molecular weight is 687 g/mol. The summed E-state index contributed by atoms with van der Waals surface area (Å²) in [4.78, 5) is 0. The number of hydrogen-bond acceptors (Lipinski definition) is 2. The second-order valence-electron chi connectivity index (χ2n) is 14.3. The maximum atomic E-state index is 6.79. The summed E-state index contributed by atoms with van der Waals surface area (Å²) in [5.74, 6) is 0. The van der Waals surface area contributed by atoms with Crippen molar-refractivity contribution in [3.05, 3.63) is 182 Å². The van der Waals surface area contributed by atoms with Gasteiger partial charge in [-0.2, -0.15) is 0 Å². The number of para-hydroxylation sites is 2. The van der Waals surface area contributed by atoms with E-state index in [4.69, 9.17) is 8.83 Å². The Balaban J connectivity index is 1.20. The Labute approximate surface area is 310 Å². The van der Waals surface area contributed by atoms with Gasteiger partial charge >= 0.3 is 0 Å². The third-order valence-electron chi connectivity index (χ3n) is 11.5. The molecule has 0 bridgehead atoms. The van der Waals surface area contributed by atoms with E-state index in [0.29, 0.717) is 0 Å². The van der Waals surface area contributed by atoms with Crippen molar-refractivity contribution in [1.82, 2.24) is 0 Å². The topological polar surface area (TPSA) is 26.3 Å². The molecule has 250 valence electrons. The molecule has 0 N–H and O–H groups in total. The van der Waals surface area contributed by atoms with Crippen LogP contribution in [0.3, 0.4) is 0 Å². The molecule has 10 aromatic carbocycles. The Kier molecular flexibility index (Phi) is 6.09. The summed E-state index contributed by atoms with van der Waals surface area (Å²) in [7, 11) is 0. The van der Waals surface area contributed by atoms with E-state index in [9.17, 15) is 0 Å². The molecule has 2 aromatic heterocycles. The molecule has 0 saturated carbocycles. The molecule has 54 heavy (non-hydrogen) atoms. The summed E-state index contributed by atoms with van der Waals surface area (Å²) in [6.45, 7) is 0. The van der Waals surface area contributed by atoms with E-state index in [0.717, 1.165) is 55.0 Å². The van der Waals surface area contributed by atoms with Gasteiger partial charge in [-0.1, -0.05) is 164 Å². The van der Waals surface area contributed by atoms with Crippen LogP contribution in [0, 0.1) is 0 Å². The summed E-state index contributed by atoms with van der Waals surface area (Å²) in [5, 5.41) is 14.1. The number of benzene rings is 10. The first kappa shape index (κ1) is 29.4. The molecule has 0 fully saturated rings. The lowest BCUT2D eigenvalue weighted by molar-refractivity contribution is 0.664. The van der Waals surface area contributed by atoms with Gasteiger partial charge in [0, 0.05) is 27.1 Å². The quantitative estimate of drug-likeness (QED) is 0.173. The van der Waals surface area contributed by atoms with Crippen molar-refractivity contribution in [1.29, 1.82) is 0 Å².